The number of carbonyl (C=O) groups is 1. The average Bonchev–Trinajstić information content (AvgIpc) is 2.42. The van der Waals surface area contributed by atoms with Crippen LogP contribution in [0.4, 0.5) is 0 Å². The lowest BCUT2D eigenvalue weighted by Gasteiger charge is -2.31. The van der Waals surface area contributed by atoms with Crippen molar-refractivity contribution in [3.63, 3.8) is 0 Å². The minimum absolute atomic E-state index is 0. The van der Waals surface area contributed by atoms with E-state index in [9.17, 15) is 4.79 Å². The van der Waals surface area contributed by atoms with Crippen molar-refractivity contribution in [2.75, 3.05) is 6.54 Å². The molecule has 1 fully saturated rings. The second-order valence-corrected chi connectivity index (χ2v) is 6.51. The van der Waals surface area contributed by atoms with Crippen molar-refractivity contribution in [3.8, 4) is 0 Å². The largest absolute Gasteiger partial charge is 0.349 e. The number of hydrogen-bond acceptors (Lipinski definition) is 2. The van der Waals surface area contributed by atoms with Crippen molar-refractivity contribution >= 4 is 40.9 Å². The third-order valence-electron chi connectivity index (χ3n) is 3.89. The summed E-state index contributed by atoms with van der Waals surface area (Å²) >= 11 is 2.22. The molecule has 1 aromatic carbocycles. The topological polar surface area (TPSA) is 55.1 Å². The molecule has 20 heavy (non-hydrogen) atoms. The molecule has 2 unspecified atom stereocenters. The SMILES string of the molecule is Cc1ccc(I)c(C(=O)NC2CCCCC2CN)c1.Cl. The Kier molecular flexibility index (Phi) is 7.26. The Morgan fingerprint density at radius 3 is 2.80 bits per heavy atom. The fourth-order valence-electron chi connectivity index (χ4n) is 2.74. The Morgan fingerprint density at radius 2 is 2.10 bits per heavy atom. The number of halogens is 2. The van der Waals surface area contributed by atoms with Gasteiger partial charge in [0.2, 0.25) is 0 Å². The number of hydrogen-bond donors (Lipinski definition) is 2. The lowest BCUT2D eigenvalue weighted by molar-refractivity contribution is 0.0907. The van der Waals surface area contributed by atoms with E-state index < -0.39 is 0 Å². The van der Waals surface area contributed by atoms with Gasteiger partial charge in [-0.25, -0.2) is 0 Å². The summed E-state index contributed by atoms with van der Waals surface area (Å²) in [6, 6.07) is 6.22. The maximum Gasteiger partial charge on any atom is 0.252 e. The Bertz CT molecular complexity index is 467. The molecule has 0 bridgehead atoms. The van der Waals surface area contributed by atoms with Gasteiger partial charge in [0.05, 0.1) is 5.56 Å². The van der Waals surface area contributed by atoms with Gasteiger partial charge in [-0.3, -0.25) is 4.79 Å². The number of amides is 1. The number of nitrogens with two attached hydrogens (primary N) is 1. The monoisotopic (exact) mass is 408 g/mol. The molecule has 1 saturated carbocycles. The maximum atomic E-state index is 12.4. The molecule has 0 saturated heterocycles. The highest BCUT2D eigenvalue weighted by Crippen LogP contribution is 2.24. The quantitative estimate of drug-likeness (QED) is 0.754. The van der Waals surface area contributed by atoms with Crippen LogP contribution in [0.15, 0.2) is 18.2 Å². The van der Waals surface area contributed by atoms with Gasteiger partial charge in [0, 0.05) is 9.61 Å². The van der Waals surface area contributed by atoms with E-state index in [2.05, 4.69) is 27.9 Å². The molecular weight excluding hydrogens is 387 g/mol. The fourth-order valence-corrected chi connectivity index (χ4v) is 3.32. The van der Waals surface area contributed by atoms with E-state index in [-0.39, 0.29) is 24.4 Å². The van der Waals surface area contributed by atoms with E-state index in [4.69, 9.17) is 5.73 Å². The summed E-state index contributed by atoms with van der Waals surface area (Å²) in [4.78, 5) is 12.4. The van der Waals surface area contributed by atoms with Gasteiger partial charge in [-0.1, -0.05) is 24.5 Å². The third kappa shape index (κ3) is 4.33. The fraction of sp³-hybridized carbons (Fsp3) is 0.533. The Hall–Kier alpha value is -0.330. The molecule has 2 rings (SSSR count). The molecule has 5 heteroatoms. The Labute approximate surface area is 140 Å². The highest BCUT2D eigenvalue weighted by atomic mass is 127. The first kappa shape index (κ1) is 17.7. The molecule has 1 amide bonds. The first-order valence-electron chi connectivity index (χ1n) is 6.89. The lowest BCUT2D eigenvalue weighted by Crippen LogP contribution is -2.44. The van der Waals surface area contributed by atoms with Crippen molar-refractivity contribution < 1.29 is 4.79 Å². The van der Waals surface area contributed by atoms with Gasteiger partial charge in [0.1, 0.15) is 0 Å². The summed E-state index contributed by atoms with van der Waals surface area (Å²) in [7, 11) is 0. The third-order valence-corrected chi connectivity index (χ3v) is 4.84. The second-order valence-electron chi connectivity index (χ2n) is 5.34. The Balaban J connectivity index is 0.00000200. The van der Waals surface area contributed by atoms with E-state index in [1.165, 1.54) is 12.8 Å². The van der Waals surface area contributed by atoms with Crippen LogP contribution in [-0.4, -0.2) is 18.5 Å². The highest BCUT2D eigenvalue weighted by molar-refractivity contribution is 14.1. The molecule has 112 valence electrons. The van der Waals surface area contributed by atoms with Crippen LogP contribution in [0, 0.1) is 16.4 Å². The zero-order valence-electron chi connectivity index (χ0n) is 11.7. The molecule has 3 N–H and O–H groups in total. The molecule has 2 atom stereocenters. The number of rotatable bonds is 3. The van der Waals surface area contributed by atoms with Gasteiger partial charge in [-0.05, 0) is 67.0 Å². The summed E-state index contributed by atoms with van der Waals surface area (Å²) in [6.45, 7) is 2.67. The Morgan fingerprint density at radius 1 is 1.40 bits per heavy atom. The van der Waals surface area contributed by atoms with Crippen LogP contribution in [-0.2, 0) is 0 Å². The summed E-state index contributed by atoms with van der Waals surface area (Å²) in [5, 5.41) is 3.18. The molecule has 1 aliphatic carbocycles. The molecule has 1 aliphatic rings. The smallest absolute Gasteiger partial charge is 0.252 e. The zero-order chi connectivity index (χ0) is 13.8. The highest BCUT2D eigenvalue weighted by Gasteiger charge is 2.26. The van der Waals surface area contributed by atoms with E-state index in [0.29, 0.717) is 12.5 Å². The minimum atomic E-state index is 0. The van der Waals surface area contributed by atoms with Gasteiger partial charge < -0.3 is 11.1 Å². The van der Waals surface area contributed by atoms with Gasteiger partial charge >= 0.3 is 0 Å². The van der Waals surface area contributed by atoms with Crippen molar-refractivity contribution in [1.82, 2.24) is 5.32 Å². The zero-order valence-corrected chi connectivity index (χ0v) is 14.7. The van der Waals surface area contributed by atoms with Gasteiger partial charge in [0.15, 0.2) is 0 Å². The minimum Gasteiger partial charge on any atom is -0.349 e. The van der Waals surface area contributed by atoms with Gasteiger partial charge in [-0.15, -0.1) is 12.4 Å². The van der Waals surface area contributed by atoms with Crippen molar-refractivity contribution in [1.29, 1.82) is 0 Å². The van der Waals surface area contributed by atoms with Crippen LogP contribution in [0.1, 0.15) is 41.6 Å². The van der Waals surface area contributed by atoms with E-state index >= 15 is 0 Å². The molecule has 0 aliphatic heterocycles. The number of benzene rings is 1. The van der Waals surface area contributed by atoms with E-state index in [1.807, 2.05) is 25.1 Å². The predicted octanol–water partition coefficient (Wildman–Crippen LogP) is 3.27. The lowest BCUT2D eigenvalue weighted by atomic mass is 9.84. The number of aryl methyl sites for hydroxylation is 1. The second kappa shape index (κ2) is 8.20. The van der Waals surface area contributed by atoms with E-state index in [0.717, 1.165) is 27.5 Å². The summed E-state index contributed by atoms with van der Waals surface area (Å²) in [5.41, 5.74) is 7.70. The van der Waals surface area contributed by atoms with Crippen LogP contribution in [0.3, 0.4) is 0 Å². The van der Waals surface area contributed by atoms with Gasteiger partial charge in [-0.2, -0.15) is 0 Å². The molecule has 1 aromatic rings. The van der Waals surface area contributed by atoms with Crippen molar-refractivity contribution in [3.05, 3.63) is 32.9 Å². The van der Waals surface area contributed by atoms with Crippen molar-refractivity contribution in [2.24, 2.45) is 11.7 Å². The van der Waals surface area contributed by atoms with Gasteiger partial charge in [0.25, 0.3) is 5.91 Å². The standard InChI is InChI=1S/C15H21IN2O.ClH/c1-10-6-7-13(16)12(8-10)15(19)18-14-5-3-2-4-11(14)9-17;/h6-8,11,14H,2-5,9,17H2,1H3,(H,18,19);1H. The summed E-state index contributed by atoms with van der Waals surface area (Å²) in [6.07, 6.45) is 4.60. The maximum absolute atomic E-state index is 12.4. The first-order valence-corrected chi connectivity index (χ1v) is 7.96. The molecule has 0 aromatic heterocycles. The molecule has 0 radical (unpaired) electrons. The molecule has 3 nitrogen and oxygen atoms in total. The average molecular weight is 409 g/mol. The predicted molar refractivity (Wildman–Crippen MR) is 93.4 cm³/mol. The van der Waals surface area contributed by atoms with Crippen LogP contribution in [0.5, 0.6) is 0 Å². The summed E-state index contributed by atoms with van der Waals surface area (Å²) in [5.74, 6) is 0.471. The van der Waals surface area contributed by atoms with Crippen molar-refractivity contribution in [2.45, 2.75) is 38.6 Å². The van der Waals surface area contributed by atoms with Crippen LogP contribution in [0.2, 0.25) is 0 Å². The summed E-state index contributed by atoms with van der Waals surface area (Å²) < 4.78 is 1.00. The normalized spacial score (nSPS) is 21.9. The van der Waals surface area contributed by atoms with Crippen LogP contribution < -0.4 is 11.1 Å². The molecular formula is C15H22ClIN2O. The molecule has 0 spiro atoms. The number of nitrogens with one attached hydrogen (secondary N) is 1. The van der Waals surface area contributed by atoms with Crippen LogP contribution >= 0.6 is 35.0 Å². The van der Waals surface area contributed by atoms with E-state index in [1.54, 1.807) is 0 Å². The first-order chi connectivity index (χ1) is 9.11. The molecule has 0 heterocycles. The number of carbonyl (C=O) groups excluding carboxylic acids is 1. The van der Waals surface area contributed by atoms with Crippen LogP contribution in [0.25, 0.3) is 0 Å².